The first kappa shape index (κ1) is 10.6. The third kappa shape index (κ3) is 1.89. The smallest absolute Gasteiger partial charge is 0.213 e. The van der Waals surface area contributed by atoms with Crippen molar-refractivity contribution in [1.29, 1.82) is 0 Å². The SMILES string of the molecule is [O-]c1ccc(-c2nc(=S)[nH][nH]2)cc1N(O)O. The van der Waals surface area contributed by atoms with Gasteiger partial charge in [-0.05, 0) is 18.3 Å². The zero-order valence-electron chi connectivity index (χ0n) is 7.84. The summed E-state index contributed by atoms with van der Waals surface area (Å²) >= 11 is 4.77. The number of nitrogens with one attached hydrogen (secondary N) is 2. The number of hydrogen-bond donors (Lipinski definition) is 4. The summed E-state index contributed by atoms with van der Waals surface area (Å²) in [6, 6.07) is 3.98. The van der Waals surface area contributed by atoms with Gasteiger partial charge in [-0.3, -0.25) is 20.6 Å². The van der Waals surface area contributed by atoms with Crippen molar-refractivity contribution >= 4 is 17.9 Å². The fraction of sp³-hybridized carbons (Fsp3) is 0. The van der Waals surface area contributed by atoms with Crippen LogP contribution in [0.5, 0.6) is 5.75 Å². The van der Waals surface area contributed by atoms with Gasteiger partial charge in [0.2, 0.25) is 4.77 Å². The second-order valence-electron chi connectivity index (χ2n) is 2.99. The summed E-state index contributed by atoms with van der Waals surface area (Å²) in [7, 11) is 0. The average molecular weight is 239 g/mol. The molecule has 0 bridgehead atoms. The lowest BCUT2D eigenvalue weighted by Crippen LogP contribution is -2.13. The van der Waals surface area contributed by atoms with Crippen LogP contribution in [0.2, 0.25) is 0 Å². The van der Waals surface area contributed by atoms with Gasteiger partial charge in [0.1, 0.15) is 0 Å². The van der Waals surface area contributed by atoms with Crippen LogP contribution in [0.1, 0.15) is 0 Å². The van der Waals surface area contributed by atoms with Crippen molar-refractivity contribution in [3.05, 3.63) is 23.0 Å². The lowest BCUT2D eigenvalue weighted by atomic mass is 10.2. The number of aromatic nitrogens is 3. The predicted octanol–water partition coefficient (Wildman–Crippen LogP) is 0.793. The Bertz CT molecular complexity index is 562. The Balaban J connectivity index is 2.51. The topological polar surface area (TPSA) is 111 Å². The van der Waals surface area contributed by atoms with Crippen LogP contribution >= 0.6 is 12.2 Å². The molecule has 0 aliphatic heterocycles. The largest absolute Gasteiger partial charge is 0.871 e. The molecule has 7 nitrogen and oxygen atoms in total. The van der Waals surface area contributed by atoms with E-state index in [2.05, 4.69) is 15.2 Å². The Morgan fingerprint density at radius 3 is 2.62 bits per heavy atom. The van der Waals surface area contributed by atoms with Gasteiger partial charge in [0.15, 0.2) is 5.82 Å². The van der Waals surface area contributed by atoms with Crippen LogP contribution in [0.3, 0.4) is 0 Å². The first-order valence-corrected chi connectivity index (χ1v) is 4.63. The molecular formula is C8H7N4O3S-. The highest BCUT2D eigenvalue weighted by atomic mass is 32.1. The molecule has 0 atom stereocenters. The van der Waals surface area contributed by atoms with Gasteiger partial charge in [-0.15, -0.1) is 5.23 Å². The second kappa shape index (κ2) is 3.93. The van der Waals surface area contributed by atoms with Crippen LogP contribution in [0, 0.1) is 4.77 Å². The lowest BCUT2D eigenvalue weighted by molar-refractivity contribution is -0.268. The molecule has 0 radical (unpaired) electrons. The number of rotatable bonds is 2. The molecule has 0 saturated carbocycles. The molecule has 8 heteroatoms. The van der Waals surface area contributed by atoms with Gasteiger partial charge in [-0.25, -0.2) is 0 Å². The average Bonchev–Trinajstić information content (AvgIpc) is 2.65. The summed E-state index contributed by atoms with van der Waals surface area (Å²) < 4.78 is 0.271. The summed E-state index contributed by atoms with van der Waals surface area (Å²) in [6.45, 7) is 0. The van der Waals surface area contributed by atoms with Gasteiger partial charge in [0.25, 0.3) is 0 Å². The highest BCUT2D eigenvalue weighted by Crippen LogP contribution is 2.27. The summed E-state index contributed by atoms with van der Waals surface area (Å²) in [5.41, 5.74) is 0.245. The van der Waals surface area contributed by atoms with Gasteiger partial charge in [-0.2, -0.15) is 4.98 Å². The van der Waals surface area contributed by atoms with Crippen LogP contribution in [-0.4, -0.2) is 25.6 Å². The van der Waals surface area contributed by atoms with Gasteiger partial charge < -0.3 is 5.11 Å². The van der Waals surface area contributed by atoms with Gasteiger partial charge in [-0.1, -0.05) is 17.9 Å². The number of anilines is 1. The van der Waals surface area contributed by atoms with Crippen molar-refractivity contribution in [2.75, 3.05) is 5.23 Å². The van der Waals surface area contributed by atoms with Crippen molar-refractivity contribution < 1.29 is 15.5 Å². The number of H-pyrrole nitrogens is 2. The fourth-order valence-corrected chi connectivity index (χ4v) is 1.37. The number of benzene rings is 1. The Morgan fingerprint density at radius 1 is 1.31 bits per heavy atom. The molecule has 0 unspecified atom stereocenters. The van der Waals surface area contributed by atoms with Gasteiger partial charge in [0.05, 0.1) is 5.69 Å². The first-order chi connectivity index (χ1) is 7.58. The van der Waals surface area contributed by atoms with E-state index in [1.807, 2.05) is 0 Å². The van der Waals surface area contributed by atoms with E-state index in [4.69, 9.17) is 22.6 Å². The van der Waals surface area contributed by atoms with Crippen molar-refractivity contribution in [2.24, 2.45) is 0 Å². The van der Waals surface area contributed by atoms with E-state index < -0.39 is 5.75 Å². The minimum Gasteiger partial charge on any atom is -0.871 e. The molecule has 0 fully saturated rings. The fourth-order valence-electron chi connectivity index (χ4n) is 1.23. The van der Waals surface area contributed by atoms with Crippen molar-refractivity contribution in [1.82, 2.24) is 15.2 Å². The molecule has 2 aromatic rings. The van der Waals surface area contributed by atoms with Crippen LogP contribution in [0.15, 0.2) is 18.2 Å². The number of hydrogen-bond acceptors (Lipinski definition) is 6. The predicted molar refractivity (Wildman–Crippen MR) is 54.7 cm³/mol. The lowest BCUT2D eigenvalue weighted by Gasteiger charge is -2.17. The Kier molecular flexibility index (Phi) is 2.60. The molecule has 1 heterocycles. The van der Waals surface area contributed by atoms with E-state index in [0.717, 1.165) is 0 Å². The van der Waals surface area contributed by atoms with E-state index in [1.165, 1.54) is 18.2 Å². The molecule has 0 spiro atoms. The van der Waals surface area contributed by atoms with Crippen molar-refractivity contribution in [3.8, 4) is 17.1 Å². The standard InChI is InChI=1S/C8H8N4O3S/c13-6-2-1-4(3-5(6)12(14)15)7-9-8(16)11-10-7/h1-3,13-15H,(H2,9,10,11,16)/p-1. The number of nitrogens with zero attached hydrogens (tertiary/aromatic N) is 2. The molecule has 0 amide bonds. The maximum atomic E-state index is 11.2. The zero-order valence-corrected chi connectivity index (χ0v) is 8.65. The van der Waals surface area contributed by atoms with Crippen molar-refractivity contribution in [3.63, 3.8) is 0 Å². The molecule has 84 valence electrons. The normalized spacial score (nSPS) is 10.4. The zero-order chi connectivity index (χ0) is 11.7. The Morgan fingerprint density at radius 2 is 2.06 bits per heavy atom. The molecular weight excluding hydrogens is 232 g/mol. The first-order valence-electron chi connectivity index (χ1n) is 4.22. The van der Waals surface area contributed by atoms with Crippen LogP contribution in [0.25, 0.3) is 11.4 Å². The highest BCUT2D eigenvalue weighted by molar-refractivity contribution is 7.71. The van der Waals surface area contributed by atoms with E-state index in [0.29, 0.717) is 11.4 Å². The van der Waals surface area contributed by atoms with Crippen LogP contribution in [-0.2, 0) is 0 Å². The quantitative estimate of drug-likeness (QED) is 0.455. The molecule has 4 N–H and O–H groups in total. The van der Waals surface area contributed by atoms with Crippen LogP contribution < -0.4 is 10.3 Å². The molecule has 16 heavy (non-hydrogen) atoms. The third-order valence-electron chi connectivity index (χ3n) is 1.95. The summed E-state index contributed by atoms with van der Waals surface area (Å²) in [5.74, 6) is -0.101. The van der Waals surface area contributed by atoms with E-state index in [9.17, 15) is 5.11 Å². The van der Waals surface area contributed by atoms with Gasteiger partial charge in [0, 0.05) is 5.56 Å². The van der Waals surface area contributed by atoms with Crippen molar-refractivity contribution in [2.45, 2.75) is 0 Å². The van der Waals surface area contributed by atoms with Gasteiger partial charge >= 0.3 is 0 Å². The monoisotopic (exact) mass is 239 g/mol. The summed E-state index contributed by atoms with van der Waals surface area (Å²) in [4.78, 5) is 3.93. The molecule has 2 rings (SSSR count). The summed E-state index contributed by atoms with van der Waals surface area (Å²) in [5, 5.41) is 33.9. The summed E-state index contributed by atoms with van der Waals surface area (Å²) in [6.07, 6.45) is 0. The molecule has 0 aliphatic rings. The molecule has 1 aromatic heterocycles. The van der Waals surface area contributed by atoms with E-state index in [1.54, 1.807) is 0 Å². The second-order valence-corrected chi connectivity index (χ2v) is 3.37. The highest BCUT2D eigenvalue weighted by Gasteiger charge is 2.06. The molecule has 1 aromatic carbocycles. The Labute approximate surface area is 94.5 Å². The van der Waals surface area contributed by atoms with E-state index >= 15 is 0 Å². The third-order valence-corrected chi connectivity index (χ3v) is 2.14. The Hall–Kier alpha value is -1.90. The number of aromatic amines is 2. The minimum absolute atomic E-state index is 0.229. The molecule has 0 saturated heterocycles. The minimum atomic E-state index is -0.511. The maximum absolute atomic E-state index is 11.2. The van der Waals surface area contributed by atoms with E-state index in [-0.39, 0.29) is 15.7 Å². The maximum Gasteiger partial charge on any atom is 0.213 e. The molecule has 0 aliphatic carbocycles. The van der Waals surface area contributed by atoms with Crippen LogP contribution in [0.4, 0.5) is 5.69 Å².